The summed E-state index contributed by atoms with van der Waals surface area (Å²) in [5.74, 6) is -0.972. The van der Waals surface area contributed by atoms with Gasteiger partial charge in [-0.2, -0.15) is 0 Å². The normalized spacial score (nSPS) is 15.3. The highest BCUT2D eigenvalue weighted by molar-refractivity contribution is 6.27. The molecule has 0 atom stereocenters. The largest absolute Gasteiger partial charge is 0.304 e. The molecule has 6 nitrogen and oxygen atoms in total. The van der Waals surface area contributed by atoms with Gasteiger partial charge in [-0.15, -0.1) is 0 Å². The Balaban J connectivity index is 2.34. The lowest BCUT2D eigenvalue weighted by atomic mass is 10.1. The number of anilines is 1. The number of nitro groups is 1. The van der Waals surface area contributed by atoms with Crippen LogP contribution in [-0.4, -0.2) is 16.6 Å². The predicted octanol–water partition coefficient (Wildman–Crippen LogP) is 2.88. The monoisotopic (exact) mass is 308 g/mol. The number of amides is 1. The molecule has 3 rings (SSSR count). The summed E-state index contributed by atoms with van der Waals surface area (Å²) in [6.45, 7) is 1.28. The fourth-order valence-corrected chi connectivity index (χ4v) is 2.68. The second-order valence-corrected chi connectivity index (χ2v) is 5.02. The van der Waals surface area contributed by atoms with Gasteiger partial charge in [0, 0.05) is 12.5 Å². The molecule has 0 radical (unpaired) electrons. The van der Waals surface area contributed by atoms with Crippen molar-refractivity contribution in [2.75, 3.05) is 4.90 Å². The average molecular weight is 308 g/mol. The molecule has 1 heterocycles. The Morgan fingerprint density at radius 2 is 1.65 bits per heavy atom. The number of hydrogen-bond acceptors (Lipinski definition) is 4. The summed E-state index contributed by atoms with van der Waals surface area (Å²) in [4.78, 5) is 36.8. The van der Waals surface area contributed by atoms with Crippen molar-refractivity contribution in [1.82, 2.24) is 0 Å². The first-order valence-electron chi connectivity index (χ1n) is 6.91. The summed E-state index contributed by atoms with van der Waals surface area (Å²) >= 11 is 0. The zero-order valence-corrected chi connectivity index (χ0v) is 12.2. The van der Waals surface area contributed by atoms with Gasteiger partial charge in [-0.1, -0.05) is 30.3 Å². The molecular formula is C17H12N2O4. The molecule has 0 saturated carbocycles. The molecule has 114 valence electrons. The lowest BCUT2D eigenvalue weighted by Crippen LogP contribution is -2.28. The van der Waals surface area contributed by atoms with Crippen LogP contribution in [0.5, 0.6) is 0 Å². The molecule has 0 spiro atoms. The maximum absolute atomic E-state index is 12.7. The Hall–Kier alpha value is -3.28. The molecule has 2 aromatic carbocycles. The van der Waals surface area contributed by atoms with Crippen LogP contribution >= 0.6 is 0 Å². The minimum Gasteiger partial charge on any atom is -0.287 e. The molecule has 23 heavy (non-hydrogen) atoms. The second kappa shape index (κ2) is 5.49. The Bertz CT molecular complexity index is 856. The molecule has 2 aromatic rings. The van der Waals surface area contributed by atoms with Gasteiger partial charge < -0.3 is 0 Å². The van der Waals surface area contributed by atoms with Crippen molar-refractivity contribution in [3.05, 3.63) is 81.5 Å². The van der Waals surface area contributed by atoms with E-state index in [9.17, 15) is 19.7 Å². The number of hydrogen-bond donors (Lipinski definition) is 0. The van der Waals surface area contributed by atoms with E-state index >= 15 is 0 Å². The number of allylic oxidation sites excluding steroid dienone is 1. The summed E-state index contributed by atoms with van der Waals surface area (Å²) in [6, 6.07) is 14.6. The van der Waals surface area contributed by atoms with Crippen LogP contribution < -0.4 is 4.90 Å². The van der Waals surface area contributed by atoms with Gasteiger partial charge in [0.1, 0.15) is 0 Å². The molecule has 1 amide bonds. The van der Waals surface area contributed by atoms with E-state index in [0.29, 0.717) is 5.69 Å². The van der Waals surface area contributed by atoms with Crippen LogP contribution in [0.2, 0.25) is 0 Å². The number of benzene rings is 2. The van der Waals surface area contributed by atoms with Gasteiger partial charge in [-0.3, -0.25) is 24.6 Å². The number of rotatable bonds is 2. The lowest BCUT2D eigenvalue weighted by molar-refractivity contribution is -0.376. The van der Waals surface area contributed by atoms with Gasteiger partial charge in [0.2, 0.25) is 11.7 Å². The van der Waals surface area contributed by atoms with Crippen LogP contribution in [0.1, 0.15) is 22.8 Å². The smallest absolute Gasteiger partial charge is 0.287 e. The first-order valence-corrected chi connectivity index (χ1v) is 6.91. The number of fused-ring (bicyclic) bond motifs is 1. The highest BCUT2D eigenvalue weighted by Crippen LogP contribution is 2.38. The van der Waals surface area contributed by atoms with Crippen molar-refractivity contribution in [3.8, 4) is 0 Å². The van der Waals surface area contributed by atoms with Crippen molar-refractivity contribution in [2.24, 2.45) is 0 Å². The molecule has 0 saturated heterocycles. The highest BCUT2D eigenvalue weighted by Gasteiger charge is 2.41. The van der Waals surface area contributed by atoms with Crippen LogP contribution in [0.3, 0.4) is 0 Å². The van der Waals surface area contributed by atoms with Gasteiger partial charge in [0.25, 0.3) is 0 Å². The number of ketones is 1. The van der Waals surface area contributed by atoms with E-state index in [1.54, 1.807) is 54.6 Å². The number of Topliss-reactive ketones (excluding diaryl/α,β-unsaturated/α-hetero) is 1. The van der Waals surface area contributed by atoms with E-state index < -0.39 is 16.6 Å². The minimum absolute atomic E-state index is 0.213. The molecule has 0 bridgehead atoms. The van der Waals surface area contributed by atoms with E-state index in [0.717, 1.165) is 4.90 Å². The van der Waals surface area contributed by atoms with Crippen molar-refractivity contribution >= 4 is 23.1 Å². The van der Waals surface area contributed by atoms with Crippen molar-refractivity contribution in [1.29, 1.82) is 0 Å². The summed E-state index contributed by atoms with van der Waals surface area (Å²) in [7, 11) is 0. The zero-order chi connectivity index (χ0) is 16.6. The number of carbonyl (C=O) groups excluding carboxylic acids is 2. The van der Waals surface area contributed by atoms with Crippen molar-refractivity contribution in [3.63, 3.8) is 0 Å². The van der Waals surface area contributed by atoms with Gasteiger partial charge in [-0.05, 0) is 24.3 Å². The van der Waals surface area contributed by atoms with E-state index in [1.807, 2.05) is 0 Å². The van der Waals surface area contributed by atoms with Crippen LogP contribution in [0.15, 0.2) is 60.3 Å². The van der Waals surface area contributed by atoms with Crippen molar-refractivity contribution in [2.45, 2.75) is 6.92 Å². The fourth-order valence-electron chi connectivity index (χ4n) is 2.68. The first-order chi connectivity index (χ1) is 11.0. The molecule has 6 heteroatoms. The topological polar surface area (TPSA) is 80.5 Å². The van der Waals surface area contributed by atoms with E-state index in [4.69, 9.17) is 0 Å². The van der Waals surface area contributed by atoms with Crippen molar-refractivity contribution < 1.29 is 14.5 Å². The molecule has 1 aliphatic rings. The molecule has 0 aliphatic carbocycles. The third-order valence-corrected chi connectivity index (χ3v) is 3.60. The van der Waals surface area contributed by atoms with E-state index in [-0.39, 0.29) is 22.5 Å². The number of carbonyl (C=O) groups is 2. The zero-order valence-electron chi connectivity index (χ0n) is 12.2. The summed E-state index contributed by atoms with van der Waals surface area (Å²) in [6.07, 6.45) is 0. The highest BCUT2D eigenvalue weighted by atomic mass is 16.6. The Labute approximate surface area is 131 Å². The lowest BCUT2D eigenvalue weighted by Gasteiger charge is -2.16. The van der Waals surface area contributed by atoms with Gasteiger partial charge in [0.05, 0.1) is 16.2 Å². The standard InChI is InChI=1S/C17H12N2O4/c1-11(20)18-14-10-6-5-9-13(14)17(21)16(18)15(19(22)23)12-7-3-2-4-8-12/h2-10H,1H3/b16-15-. The Kier molecular flexibility index (Phi) is 3.50. The van der Waals surface area contributed by atoms with Crippen LogP contribution in [0, 0.1) is 10.1 Å². The second-order valence-electron chi connectivity index (χ2n) is 5.02. The maximum atomic E-state index is 12.7. The van der Waals surface area contributed by atoms with Gasteiger partial charge >= 0.3 is 5.70 Å². The molecule has 1 aliphatic heterocycles. The molecule has 0 aromatic heterocycles. The van der Waals surface area contributed by atoms with Crippen LogP contribution in [0.25, 0.3) is 5.70 Å². The predicted molar refractivity (Wildman–Crippen MR) is 84.3 cm³/mol. The molecule has 0 N–H and O–H groups in total. The Morgan fingerprint density at radius 1 is 1.04 bits per heavy atom. The van der Waals surface area contributed by atoms with E-state index in [1.165, 1.54) is 6.92 Å². The number of para-hydroxylation sites is 1. The van der Waals surface area contributed by atoms with Crippen LogP contribution in [0.4, 0.5) is 5.69 Å². The van der Waals surface area contributed by atoms with Gasteiger partial charge in [0.15, 0.2) is 5.70 Å². The molecular weight excluding hydrogens is 296 g/mol. The third-order valence-electron chi connectivity index (χ3n) is 3.60. The SMILES string of the molecule is CC(=O)N1/C(=C(/c2ccccc2)[N+](=O)[O-])C(=O)c2ccccc21. The summed E-state index contributed by atoms with van der Waals surface area (Å²) in [5.41, 5.74) is 0.347. The summed E-state index contributed by atoms with van der Waals surface area (Å²) in [5, 5.41) is 11.6. The first kappa shape index (κ1) is 14.6. The number of nitrogens with zero attached hydrogens (tertiary/aromatic N) is 2. The van der Waals surface area contributed by atoms with Gasteiger partial charge in [-0.25, -0.2) is 0 Å². The third kappa shape index (κ3) is 2.30. The molecule has 0 unspecified atom stereocenters. The maximum Gasteiger partial charge on any atom is 0.304 e. The molecule has 0 fully saturated rings. The quantitative estimate of drug-likeness (QED) is 0.485. The summed E-state index contributed by atoms with van der Waals surface area (Å²) < 4.78 is 0. The average Bonchev–Trinajstić information content (AvgIpc) is 2.82. The fraction of sp³-hybridized carbons (Fsp3) is 0.0588. The Morgan fingerprint density at radius 3 is 2.26 bits per heavy atom. The minimum atomic E-state index is -0.621. The van der Waals surface area contributed by atoms with E-state index in [2.05, 4.69) is 0 Å². The van der Waals surface area contributed by atoms with Crippen LogP contribution in [-0.2, 0) is 4.79 Å².